The van der Waals surface area contributed by atoms with Gasteiger partial charge in [0.2, 0.25) is 11.8 Å². The number of amides is 2. The highest BCUT2D eigenvalue weighted by molar-refractivity contribution is 6.02. The van der Waals surface area contributed by atoms with Gasteiger partial charge in [0, 0.05) is 30.4 Å². The maximum atomic E-state index is 12.2. The molecule has 0 saturated carbocycles. The van der Waals surface area contributed by atoms with Crippen molar-refractivity contribution in [1.29, 1.82) is 0 Å². The van der Waals surface area contributed by atoms with E-state index in [1.807, 2.05) is 48.5 Å². The molecule has 1 aliphatic rings. The van der Waals surface area contributed by atoms with Crippen molar-refractivity contribution in [2.24, 2.45) is 0 Å². The number of anilines is 2. The predicted molar refractivity (Wildman–Crippen MR) is 111 cm³/mol. The fourth-order valence-electron chi connectivity index (χ4n) is 3.26. The van der Waals surface area contributed by atoms with Crippen LogP contribution in [0.4, 0.5) is 11.4 Å². The minimum atomic E-state index is -0.271. The molecule has 0 spiro atoms. The summed E-state index contributed by atoms with van der Waals surface area (Å²) in [5.74, 6) is -0.153. The van der Waals surface area contributed by atoms with Crippen LogP contribution in [0, 0.1) is 0 Å². The van der Waals surface area contributed by atoms with E-state index >= 15 is 0 Å². The van der Waals surface area contributed by atoms with Crippen molar-refractivity contribution in [3.63, 3.8) is 0 Å². The fourth-order valence-corrected chi connectivity index (χ4v) is 3.26. The first-order valence-electron chi connectivity index (χ1n) is 9.51. The van der Waals surface area contributed by atoms with Crippen molar-refractivity contribution in [2.45, 2.75) is 19.4 Å². The van der Waals surface area contributed by atoms with Gasteiger partial charge in [0.1, 0.15) is 5.69 Å². The summed E-state index contributed by atoms with van der Waals surface area (Å²) >= 11 is 0. The first-order valence-corrected chi connectivity index (χ1v) is 9.51. The maximum absolute atomic E-state index is 12.2. The molecule has 3 aromatic rings. The van der Waals surface area contributed by atoms with Crippen LogP contribution in [0.3, 0.4) is 0 Å². The first-order chi connectivity index (χ1) is 14.2. The van der Waals surface area contributed by atoms with E-state index in [1.54, 1.807) is 27.9 Å². The summed E-state index contributed by atoms with van der Waals surface area (Å²) in [6, 6.07) is 17.3. The van der Waals surface area contributed by atoms with Crippen LogP contribution < -0.4 is 10.2 Å². The van der Waals surface area contributed by atoms with Crippen molar-refractivity contribution in [3.8, 4) is 0 Å². The van der Waals surface area contributed by atoms with Gasteiger partial charge in [0.15, 0.2) is 0 Å². The molecule has 4 rings (SSSR count). The number of hydrogen-bond acceptors (Lipinski definition) is 4. The van der Waals surface area contributed by atoms with Crippen LogP contribution >= 0.6 is 0 Å². The monoisotopic (exact) mass is 387 g/mol. The van der Waals surface area contributed by atoms with Gasteiger partial charge in [-0.15, -0.1) is 5.10 Å². The summed E-state index contributed by atoms with van der Waals surface area (Å²) in [4.78, 5) is 25.9. The van der Waals surface area contributed by atoms with Gasteiger partial charge in [-0.2, -0.15) is 0 Å². The van der Waals surface area contributed by atoms with Crippen molar-refractivity contribution < 1.29 is 9.59 Å². The van der Waals surface area contributed by atoms with Crippen LogP contribution in [-0.2, 0) is 16.1 Å². The van der Waals surface area contributed by atoms with Crippen LogP contribution in [0.5, 0.6) is 0 Å². The van der Waals surface area contributed by atoms with Crippen molar-refractivity contribution >= 4 is 29.3 Å². The van der Waals surface area contributed by atoms with Crippen LogP contribution in [-0.4, -0.2) is 33.4 Å². The van der Waals surface area contributed by atoms with Crippen molar-refractivity contribution in [3.05, 3.63) is 78.1 Å². The number of hydrogen-bond donors (Lipinski definition) is 1. The molecule has 146 valence electrons. The third-order valence-electron chi connectivity index (χ3n) is 4.65. The number of carbonyl (C=O) groups is 2. The van der Waals surface area contributed by atoms with E-state index in [1.165, 1.54) is 6.08 Å². The lowest BCUT2D eigenvalue weighted by Crippen LogP contribution is -2.23. The molecular formula is C22H21N5O2. The molecule has 0 bridgehead atoms. The Morgan fingerprint density at radius 1 is 1.14 bits per heavy atom. The molecule has 2 aromatic carbocycles. The highest BCUT2D eigenvalue weighted by Crippen LogP contribution is 2.24. The Labute approximate surface area is 168 Å². The van der Waals surface area contributed by atoms with E-state index in [9.17, 15) is 9.59 Å². The highest BCUT2D eigenvalue weighted by Gasteiger charge is 2.21. The quantitative estimate of drug-likeness (QED) is 0.659. The van der Waals surface area contributed by atoms with Gasteiger partial charge in [0.05, 0.1) is 12.7 Å². The van der Waals surface area contributed by atoms with Crippen molar-refractivity contribution in [2.75, 3.05) is 16.8 Å². The third-order valence-corrected chi connectivity index (χ3v) is 4.65. The van der Waals surface area contributed by atoms with E-state index < -0.39 is 0 Å². The van der Waals surface area contributed by atoms with E-state index in [2.05, 4.69) is 15.6 Å². The second-order valence-electron chi connectivity index (χ2n) is 6.85. The maximum Gasteiger partial charge on any atom is 0.248 e. The summed E-state index contributed by atoms with van der Waals surface area (Å²) in [5, 5.41) is 11.0. The molecule has 7 heteroatoms. The number of rotatable bonds is 6. The predicted octanol–water partition coefficient (Wildman–Crippen LogP) is 3.11. The molecule has 1 N–H and O–H groups in total. The lowest BCUT2D eigenvalue weighted by molar-refractivity contribution is -0.117. The average Bonchev–Trinajstić information content (AvgIpc) is 3.36. The van der Waals surface area contributed by atoms with Gasteiger partial charge in [-0.1, -0.05) is 41.6 Å². The molecule has 29 heavy (non-hydrogen) atoms. The summed E-state index contributed by atoms with van der Waals surface area (Å²) in [5.41, 5.74) is 3.18. The van der Waals surface area contributed by atoms with E-state index in [0.29, 0.717) is 24.3 Å². The number of nitrogens with zero attached hydrogens (tertiary/aromatic N) is 4. The van der Waals surface area contributed by atoms with Crippen LogP contribution in [0.1, 0.15) is 24.1 Å². The second kappa shape index (κ2) is 8.52. The Morgan fingerprint density at radius 3 is 2.79 bits per heavy atom. The third kappa shape index (κ3) is 4.76. The molecule has 7 nitrogen and oxygen atoms in total. The first kappa shape index (κ1) is 18.6. The Morgan fingerprint density at radius 2 is 2.00 bits per heavy atom. The lowest BCUT2D eigenvalue weighted by Gasteiger charge is -2.16. The van der Waals surface area contributed by atoms with Gasteiger partial charge in [-0.3, -0.25) is 9.59 Å². The molecular weight excluding hydrogens is 366 g/mol. The smallest absolute Gasteiger partial charge is 0.248 e. The van der Waals surface area contributed by atoms with Crippen LogP contribution in [0.2, 0.25) is 0 Å². The highest BCUT2D eigenvalue weighted by atomic mass is 16.2. The fraction of sp³-hybridized carbons (Fsp3) is 0.182. The normalized spacial score (nSPS) is 13.9. The number of benzene rings is 2. The minimum absolute atomic E-state index is 0.118. The molecule has 0 radical (unpaired) electrons. The molecule has 0 aliphatic carbocycles. The number of carbonyl (C=O) groups excluding carboxylic acids is 2. The number of nitrogens with one attached hydrogen (secondary N) is 1. The standard InChI is InChI=1S/C22H21N5O2/c28-21(23-18-8-4-9-20(14-18)27-13-5-10-22(27)29)12-11-19-16-26(25-24-19)15-17-6-2-1-3-7-17/h1-4,6-9,11-12,14,16H,5,10,13,15H2,(H,23,28)/b12-11+. The molecule has 1 saturated heterocycles. The molecule has 2 amide bonds. The van der Waals surface area contributed by atoms with Crippen LogP contribution in [0.15, 0.2) is 66.9 Å². The molecule has 0 unspecified atom stereocenters. The van der Waals surface area contributed by atoms with Crippen molar-refractivity contribution in [1.82, 2.24) is 15.0 Å². The molecule has 1 fully saturated rings. The topological polar surface area (TPSA) is 80.1 Å². The molecule has 0 atom stereocenters. The van der Waals surface area contributed by atoms with E-state index in [0.717, 1.165) is 24.2 Å². The van der Waals surface area contributed by atoms with Gasteiger partial charge in [-0.25, -0.2) is 4.68 Å². The Bertz CT molecular complexity index is 1040. The molecule has 1 aliphatic heterocycles. The van der Waals surface area contributed by atoms with E-state index in [4.69, 9.17) is 0 Å². The van der Waals surface area contributed by atoms with Gasteiger partial charge in [-0.05, 0) is 36.3 Å². The summed E-state index contributed by atoms with van der Waals surface area (Å²) in [6.07, 6.45) is 6.27. The molecule has 1 aromatic heterocycles. The molecule has 2 heterocycles. The Hall–Kier alpha value is -3.74. The summed E-state index contributed by atoms with van der Waals surface area (Å²) < 4.78 is 1.73. The summed E-state index contributed by atoms with van der Waals surface area (Å²) in [6.45, 7) is 1.34. The van der Waals surface area contributed by atoms with Crippen LogP contribution in [0.25, 0.3) is 6.08 Å². The second-order valence-corrected chi connectivity index (χ2v) is 6.85. The SMILES string of the molecule is O=C(/C=C/c1cn(Cc2ccccc2)nn1)Nc1cccc(N2CCCC2=O)c1. The lowest BCUT2D eigenvalue weighted by atomic mass is 10.2. The van der Waals surface area contributed by atoms with Gasteiger partial charge < -0.3 is 10.2 Å². The van der Waals surface area contributed by atoms with Gasteiger partial charge >= 0.3 is 0 Å². The van der Waals surface area contributed by atoms with Gasteiger partial charge in [0.25, 0.3) is 0 Å². The zero-order valence-corrected chi connectivity index (χ0v) is 15.9. The summed E-state index contributed by atoms with van der Waals surface area (Å²) in [7, 11) is 0. The largest absolute Gasteiger partial charge is 0.322 e. The number of aromatic nitrogens is 3. The minimum Gasteiger partial charge on any atom is -0.322 e. The Kier molecular flexibility index (Phi) is 5.47. The Balaban J connectivity index is 1.36. The average molecular weight is 387 g/mol. The zero-order valence-electron chi connectivity index (χ0n) is 15.9. The zero-order chi connectivity index (χ0) is 20.1. The van der Waals surface area contributed by atoms with E-state index in [-0.39, 0.29) is 11.8 Å².